The topological polar surface area (TPSA) is 27.7 Å². The van der Waals surface area contributed by atoms with Crippen molar-refractivity contribution in [2.45, 2.75) is 19.0 Å². The van der Waals surface area contributed by atoms with Crippen LogP contribution in [-0.4, -0.2) is 57.4 Å². The summed E-state index contributed by atoms with van der Waals surface area (Å²) in [5.41, 5.74) is 2.79. The van der Waals surface area contributed by atoms with Crippen molar-refractivity contribution in [1.29, 1.82) is 0 Å². The molecule has 3 rings (SSSR count). The molecular weight excluding hydrogens is 330 g/mol. The van der Waals surface area contributed by atoms with Crippen LogP contribution >= 0.6 is 15.9 Å². The third-order valence-electron chi connectivity index (χ3n) is 4.47. The number of nitrogens with one attached hydrogen (secondary N) is 1. The van der Waals surface area contributed by atoms with Gasteiger partial charge < -0.3 is 15.0 Å². The summed E-state index contributed by atoms with van der Waals surface area (Å²) in [6.07, 6.45) is 1.25. The highest BCUT2D eigenvalue weighted by molar-refractivity contribution is 9.10. The highest BCUT2D eigenvalue weighted by atomic mass is 79.9. The molecule has 1 aromatic carbocycles. The molecule has 1 unspecified atom stereocenters. The zero-order valence-corrected chi connectivity index (χ0v) is 14.2. The predicted octanol–water partition coefficient (Wildman–Crippen LogP) is 2.08. The molecule has 2 fully saturated rings. The second-order valence-corrected chi connectivity index (χ2v) is 6.80. The smallest absolute Gasteiger partial charge is 0.0642 e. The second kappa shape index (κ2) is 7.09. The maximum absolute atomic E-state index is 5.48. The van der Waals surface area contributed by atoms with E-state index >= 15 is 0 Å². The number of nitrogens with zero attached hydrogens (tertiary/aromatic N) is 2. The molecule has 2 heterocycles. The number of likely N-dealkylation sites (N-methyl/N-ethyl adjacent to an activating group) is 1. The quantitative estimate of drug-likeness (QED) is 0.896. The number of morpholine rings is 1. The Bertz CT molecular complexity index is 477. The first-order valence-electron chi connectivity index (χ1n) is 7.77. The molecule has 0 bridgehead atoms. The monoisotopic (exact) mass is 353 g/mol. The Labute approximate surface area is 135 Å². The minimum absolute atomic E-state index is 0.646. The summed E-state index contributed by atoms with van der Waals surface area (Å²) in [6, 6.07) is 7.32. The van der Waals surface area contributed by atoms with Gasteiger partial charge in [0.2, 0.25) is 0 Å². The molecule has 2 saturated heterocycles. The minimum atomic E-state index is 0.646. The molecule has 21 heavy (non-hydrogen) atoms. The molecule has 1 N–H and O–H groups in total. The van der Waals surface area contributed by atoms with E-state index in [4.69, 9.17) is 4.74 Å². The van der Waals surface area contributed by atoms with Crippen LogP contribution in [0.5, 0.6) is 0 Å². The van der Waals surface area contributed by atoms with Gasteiger partial charge in [-0.25, -0.2) is 0 Å². The molecule has 1 aromatic rings. The first-order chi connectivity index (χ1) is 10.3. The zero-order chi connectivity index (χ0) is 14.7. The number of anilines is 1. The number of hydrogen-bond acceptors (Lipinski definition) is 4. The average molecular weight is 354 g/mol. The molecule has 4 nitrogen and oxygen atoms in total. The Hall–Kier alpha value is -0.620. The van der Waals surface area contributed by atoms with Gasteiger partial charge in [0.15, 0.2) is 0 Å². The maximum atomic E-state index is 5.48. The fourth-order valence-electron chi connectivity index (χ4n) is 3.22. The van der Waals surface area contributed by atoms with Crippen LogP contribution in [-0.2, 0) is 11.3 Å². The fraction of sp³-hybridized carbons (Fsp3) is 0.625. The number of ether oxygens (including phenoxy) is 1. The van der Waals surface area contributed by atoms with Gasteiger partial charge in [-0.15, -0.1) is 0 Å². The molecular formula is C16H24BrN3O. The van der Waals surface area contributed by atoms with Gasteiger partial charge in [0.05, 0.1) is 13.2 Å². The number of benzene rings is 1. The van der Waals surface area contributed by atoms with Gasteiger partial charge in [-0.2, -0.15) is 0 Å². The summed E-state index contributed by atoms with van der Waals surface area (Å²) in [6.45, 7) is 7.01. The van der Waals surface area contributed by atoms with Crippen molar-refractivity contribution in [1.82, 2.24) is 10.2 Å². The molecule has 0 aliphatic carbocycles. The van der Waals surface area contributed by atoms with E-state index in [2.05, 4.69) is 56.3 Å². The lowest BCUT2D eigenvalue weighted by Gasteiger charge is -2.31. The Morgan fingerprint density at radius 3 is 2.81 bits per heavy atom. The molecule has 2 aliphatic rings. The van der Waals surface area contributed by atoms with E-state index in [-0.39, 0.29) is 0 Å². The van der Waals surface area contributed by atoms with Crippen molar-refractivity contribution in [3.05, 3.63) is 28.2 Å². The summed E-state index contributed by atoms with van der Waals surface area (Å²) in [5.74, 6) is 0. The van der Waals surface area contributed by atoms with E-state index in [0.29, 0.717) is 6.04 Å². The molecule has 2 aliphatic heterocycles. The van der Waals surface area contributed by atoms with Crippen molar-refractivity contribution >= 4 is 21.6 Å². The molecule has 0 radical (unpaired) electrons. The summed E-state index contributed by atoms with van der Waals surface area (Å²) in [5, 5.41) is 3.39. The lowest BCUT2D eigenvalue weighted by molar-refractivity contribution is 0.122. The summed E-state index contributed by atoms with van der Waals surface area (Å²) >= 11 is 3.61. The van der Waals surface area contributed by atoms with E-state index in [9.17, 15) is 0 Å². The zero-order valence-electron chi connectivity index (χ0n) is 12.6. The van der Waals surface area contributed by atoms with Crippen molar-refractivity contribution in [2.24, 2.45) is 0 Å². The number of rotatable bonds is 4. The van der Waals surface area contributed by atoms with Crippen molar-refractivity contribution in [2.75, 3.05) is 51.3 Å². The number of likely N-dealkylation sites (tertiary alicyclic amines) is 1. The highest BCUT2D eigenvalue weighted by Crippen LogP contribution is 2.28. The van der Waals surface area contributed by atoms with Crippen LogP contribution in [0.25, 0.3) is 0 Å². The molecule has 0 aromatic heterocycles. The Morgan fingerprint density at radius 1 is 1.29 bits per heavy atom. The third kappa shape index (κ3) is 3.77. The summed E-state index contributed by atoms with van der Waals surface area (Å²) in [4.78, 5) is 5.00. The minimum Gasteiger partial charge on any atom is -0.378 e. The normalized spacial score (nSPS) is 23.7. The van der Waals surface area contributed by atoms with Gasteiger partial charge in [-0.3, -0.25) is 4.90 Å². The second-order valence-electron chi connectivity index (χ2n) is 5.88. The van der Waals surface area contributed by atoms with Crippen LogP contribution in [0.2, 0.25) is 0 Å². The van der Waals surface area contributed by atoms with Crippen LogP contribution in [0.4, 0.5) is 5.69 Å². The van der Waals surface area contributed by atoms with Gasteiger partial charge in [-0.1, -0.05) is 22.0 Å². The highest BCUT2D eigenvalue weighted by Gasteiger charge is 2.23. The third-order valence-corrected chi connectivity index (χ3v) is 4.97. The SMILES string of the molecule is CNC1CCN(Cc2ccc(Br)cc2N2CCOCC2)C1. The predicted molar refractivity (Wildman–Crippen MR) is 89.9 cm³/mol. The Balaban J connectivity index is 1.74. The van der Waals surface area contributed by atoms with E-state index < -0.39 is 0 Å². The first kappa shape index (κ1) is 15.3. The van der Waals surface area contributed by atoms with Crippen molar-refractivity contribution < 1.29 is 4.74 Å². The molecule has 116 valence electrons. The van der Waals surface area contributed by atoms with Gasteiger partial charge in [0, 0.05) is 48.9 Å². The van der Waals surface area contributed by atoms with Crippen LogP contribution in [0.1, 0.15) is 12.0 Å². The van der Waals surface area contributed by atoms with Crippen LogP contribution in [0.3, 0.4) is 0 Å². The van der Waals surface area contributed by atoms with Crippen LogP contribution in [0.15, 0.2) is 22.7 Å². The molecule has 1 atom stereocenters. The number of hydrogen-bond donors (Lipinski definition) is 1. The largest absolute Gasteiger partial charge is 0.378 e. The average Bonchev–Trinajstić information content (AvgIpc) is 2.98. The Morgan fingerprint density at radius 2 is 2.10 bits per heavy atom. The fourth-order valence-corrected chi connectivity index (χ4v) is 3.57. The lowest BCUT2D eigenvalue weighted by Crippen LogP contribution is -2.37. The van der Waals surface area contributed by atoms with Crippen LogP contribution in [0, 0.1) is 0 Å². The van der Waals surface area contributed by atoms with Gasteiger partial charge >= 0.3 is 0 Å². The standard InChI is InChI=1S/C16H24BrN3O/c1-18-15-4-5-19(12-15)11-13-2-3-14(17)10-16(13)20-6-8-21-9-7-20/h2-3,10,15,18H,4-9,11-12H2,1H3. The van der Waals surface area contributed by atoms with Crippen LogP contribution < -0.4 is 10.2 Å². The molecule has 0 amide bonds. The Kier molecular flexibility index (Phi) is 5.16. The molecule has 0 saturated carbocycles. The molecule has 0 spiro atoms. The number of halogens is 1. The van der Waals surface area contributed by atoms with Gasteiger partial charge in [0.25, 0.3) is 0 Å². The first-order valence-corrected chi connectivity index (χ1v) is 8.56. The maximum Gasteiger partial charge on any atom is 0.0642 e. The van der Waals surface area contributed by atoms with E-state index in [1.165, 1.54) is 24.2 Å². The van der Waals surface area contributed by atoms with E-state index in [1.807, 2.05) is 0 Å². The summed E-state index contributed by atoms with van der Waals surface area (Å²) in [7, 11) is 2.06. The lowest BCUT2D eigenvalue weighted by atomic mass is 10.1. The van der Waals surface area contributed by atoms with E-state index in [1.54, 1.807) is 0 Å². The van der Waals surface area contributed by atoms with Gasteiger partial charge in [0.1, 0.15) is 0 Å². The summed E-state index contributed by atoms with van der Waals surface area (Å²) < 4.78 is 6.64. The van der Waals surface area contributed by atoms with E-state index in [0.717, 1.165) is 43.9 Å². The van der Waals surface area contributed by atoms with Crippen molar-refractivity contribution in [3.8, 4) is 0 Å². The van der Waals surface area contributed by atoms with Crippen molar-refractivity contribution in [3.63, 3.8) is 0 Å². The van der Waals surface area contributed by atoms with Gasteiger partial charge in [-0.05, 0) is 31.2 Å². The molecule has 5 heteroatoms.